The molecule has 1 saturated carbocycles. The molecule has 2 aromatic carbocycles. The van der Waals surface area contributed by atoms with Crippen LogP contribution in [0.3, 0.4) is 0 Å². The van der Waals surface area contributed by atoms with Crippen molar-refractivity contribution in [3.05, 3.63) is 64.9 Å². The maximum Gasteiger partial charge on any atom is 0.0634 e. The van der Waals surface area contributed by atoms with Gasteiger partial charge in [-0.25, -0.2) is 0 Å². The summed E-state index contributed by atoms with van der Waals surface area (Å²) < 4.78 is 0. The van der Waals surface area contributed by atoms with E-state index in [1.165, 1.54) is 34.2 Å². The predicted molar refractivity (Wildman–Crippen MR) is 87.4 cm³/mol. The van der Waals surface area contributed by atoms with E-state index in [0.29, 0.717) is 6.04 Å². The van der Waals surface area contributed by atoms with Crippen LogP contribution in [0.1, 0.15) is 23.8 Å². The molecule has 0 saturated heterocycles. The Balaban J connectivity index is 1.72. The number of fused-ring (bicyclic) bond motifs is 1. The summed E-state index contributed by atoms with van der Waals surface area (Å²) in [6.07, 6.45) is 2.70. The van der Waals surface area contributed by atoms with Crippen LogP contribution in [-0.2, 0) is 0 Å². The van der Waals surface area contributed by atoms with Crippen LogP contribution in [0.4, 0.5) is 5.69 Å². The van der Waals surface area contributed by atoms with Crippen LogP contribution in [0, 0.1) is 5.92 Å². The quantitative estimate of drug-likeness (QED) is 0.668. The zero-order valence-corrected chi connectivity index (χ0v) is 12.1. The summed E-state index contributed by atoms with van der Waals surface area (Å²) in [5, 5.41) is 8.59. The topological polar surface area (TPSA) is 12.0 Å². The molecular weight excluding hydrogens is 262 g/mol. The summed E-state index contributed by atoms with van der Waals surface area (Å²) in [6, 6.07) is 20.0. The number of benzene rings is 2. The van der Waals surface area contributed by atoms with Crippen LogP contribution in [-0.4, -0.2) is 0 Å². The van der Waals surface area contributed by atoms with Crippen LogP contribution >= 0.6 is 11.3 Å². The highest BCUT2D eigenvalue weighted by Gasteiger charge is 2.33. The van der Waals surface area contributed by atoms with Crippen molar-refractivity contribution in [1.82, 2.24) is 0 Å². The van der Waals surface area contributed by atoms with Crippen LogP contribution in [0.2, 0.25) is 0 Å². The van der Waals surface area contributed by atoms with E-state index < -0.39 is 0 Å². The average Bonchev–Trinajstić information content (AvgIpc) is 3.19. The summed E-state index contributed by atoms with van der Waals surface area (Å²) in [5.74, 6) is 0.799. The predicted octanol–water partition coefficient (Wildman–Crippen LogP) is 5.46. The van der Waals surface area contributed by atoms with E-state index in [0.717, 1.165) is 5.92 Å². The molecule has 1 aliphatic carbocycles. The summed E-state index contributed by atoms with van der Waals surface area (Å²) in [7, 11) is 0. The zero-order chi connectivity index (χ0) is 13.4. The first-order valence-corrected chi connectivity index (χ1v) is 8.07. The van der Waals surface area contributed by atoms with Gasteiger partial charge in [-0.05, 0) is 41.7 Å². The van der Waals surface area contributed by atoms with E-state index in [4.69, 9.17) is 0 Å². The molecule has 0 amide bonds. The van der Waals surface area contributed by atoms with Crippen molar-refractivity contribution in [2.75, 3.05) is 5.32 Å². The first-order chi connectivity index (χ1) is 9.92. The van der Waals surface area contributed by atoms with Gasteiger partial charge < -0.3 is 5.32 Å². The number of hydrogen-bond acceptors (Lipinski definition) is 2. The van der Waals surface area contributed by atoms with E-state index >= 15 is 0 Å². The van der Waals surface area contributed by atoms with Gasteiger partial charge in [-0.1, -0.05) is 42.5 Å². The second-order valence-corrected chi connectivity index (χ2v) is 6.48. The van der Waals surface area contributed by atoms with Crippen molar-refractivity contribution in [2.24, 2.45) is 5.92 Å². The summed E-state index contributed by atoms with van der Waals surface area (Å²) >= 11 is 1.86. The van der Waals surface area contributed by atoms with Gasteiger partial charge in [-0.3, -0.25) is 0 Å². The molecule has 0 bridgehead atoms. The lowest BCUT2D eigenvalue weighted by molar-refractivity contribution is 0.692. The number of rotatable bonds is 4. The third kappa shape index (κ3) is 2.20. The Labute approximate surface area is 123 Å². The highest BCUT2D eigenvalue weighted by atomic mass is 32.1. The Hall–Kier alpha value is -1.80. The van der Waals surface area contributed by atoms with Gasteiger partial charge in [0.1, 0.15) is 0 Å². The van der Waals surface area contributed by atoms with Gasteiger partial charge in [0.25, 0.3) is 0 Å². The van der Waals surface area contributed by atoms with Crippen molar-refractivity contribution >= 4 is 27.8 Å². The molecule has 3 aromatic rings. The molecule has 20 heavy (non-hydrogen) atoms. The highest BCUT2D eigenvalue weighted by Crippen LogP contribution is 2.44. The molecule has 0 radical (unpaired) electrons. The van der Waals surface area contributed by atoms with E-state index in [1.54, 1.807) is 0 Å². The van der Waals surface area contributed by atoms with Gasteiger partial charge in [0, 0.05) is 16.0 Å². The monoisotopic (exact) mass is 279 g/mol. The van der Waals surface area contributed by atoms with Gasteiger partial charge in [0.05, 0.1) is 6.04 Å². The fourth-order valence-electron chi connectivity index (χ4n) is 2.84. The molecule has 4 rings (SSSR count). The van der Waals surface area contributed by atoms with Crippen molar-refractivity contribution in [3.8, 4) is 0 Å². The summed E-state index contributed by atoms with van der Waals surface area (Å²) in [4.78, 5) is 1.46. The second-order valence-electron chi connectivity index (χ2n) is 5.50. The standard InChI is InChI=1S/C18H17NS/c1-2-7-15-13(5-1)6-3-8-16(15)19-18(14-10-11-14)17-9-4-12-20-17/h1-9,12,14,18-19H,10-11H2. The maximum absolute atomic E-state index is 3.80. The Morgan fingerprint density at radius 1 is 0.950 bits per heavy atom. The summed E-state index contributed by atoms with van der Waals surface area (Å²) in [5.41, 5.74) is 1.26. The largest absolute Gasteiger partial charge is 0.377 e. The first kappa shape index (κ1) is 12.0. The maximum atomic E-state index is 3.80. The Bertz CT molecular complexity index is 708. The lowest BCUT2D eigenvalue weighted by Crippen LogP contribution is -2.11. The SMILES string of the molecule is c1csc(C(Nc2cccc3ccccc23)C2CC2)c1. The molecule has 100 valence electrons. The smallest absolute Gasteiger partial charge is 0.0634 e. The van der Waals surface area contributed by atoms with Gasteiger partial charge in [-0.15, -0.1) is 11.3 Å². The van der Waals surface area contributed by atoms with Crippen molar-refractivity contribution < 1.29 is 0 Å². The normalized spacial score (nSPS) is 16.2. The molecule has 1 fully saturated rings. The zero-order valence-electron chi connectivity index (χ0n) is 11.3. The third-order valence-electron chi connectivity index (χ3n) is 4.04. The fourth-order valence-corrected chi connectivity index (χ4v) is 3.71. The molecule has 1 nitrogen and oxygen atoms in total. The van der Waals surface area contributed by atoms with Crippen LogP contribution in [0.15, 0.2) is 60.0 Å². The minimum atomic E-state index is 0.473. The Morgan fingerprint density at radius 2 is 1.80 bits per heavy atom. The van der Waals surface area contributed by atoms with E-state index in [1.807, 2.05) is 11.3 Å². The van der Waals surface area contributed by atoms with E-state index in [-0.39, 0.29) is 0 Å². The molecule has 1 N–H and O–H groups in total. The number of anilines is 1. The van der Waals surface area contributed by atoms with Crippen molar-refractivity contribution in [2.45, 2.75) is 18.9 Å². The lowest BCUT2D eigenvalue weighted by Gasteiger charge is -2.19. The average molecular weight is 279 g/mol. The minimum Gasteiger partial charge on any atom is -0.377 e. The molecule has 1 atom stereocenters. The number of hydrogen-bond donors (Lipinski definition) is 1. The number of nitrogens with one attached hydrogen (secondary N) is 1. The molecule has 2 heteroatoms. The fraction of sp³-hybridized carbons (Fsp3) is 0.222. The summed E-state index contributed by atoms with van der Waals surface area (Å²) in [6.45, 7) is 0. The van der Waals surface area contributed by atoms with Crippen LogP contribution < -0.4 is 5.32 Å². The Kier molecular flexibility index (Phi) is 2.96. The van der Waals surface area contributed by atoms with E-state index in [9.17, 15) is 0 Å². The molecule has 1 unspecified atom stereocenters. The van der Waals surface area contributed by atoms with Crippen LogP contribution in [0.5, 0.6) is 0 Å². The third-order valence-corrected chi connectivity index (χ3v) is 5.00. The van der Waals surface area contributed by atoms with Gasteiger partial charge >= 0.3 is 0 Å². The van der Waals surface area contributed by atoms with Crippen molar-refractivity contribution in [3.63, 3.8) is 0 Å². The Morgan fingerprint density at radius 3 is 2.60 bits per heavy atom. The lowest BCUT2D eigenvalue weighted by atomic mass is 10.1. The van der Waals surface area contributed by atoms with Gasteiger partial charge in [0.15, 0.2) is 0 Å². The minimum absolute atomic E-state index is 0.473. The van der Waals surface area contributed by atoms with E-state index in [2.05, 4.69) is 65.3 Å². The molecule has 0 spiro atoms. The van der Waals surface area contributed by atoms with Gasteiger partial charge in [-0.2, -0.15) is 0 Å². The molecule has 1 aromatic heterocycles. The second kappa shape index (κ2) is 4.95. The van der Waals surface area contributed by atoms with Crippen LogP contribution in [0.25, 0.3) is 10.8 Å². The van der Waals surface area contributed by atoms with Crippen molar-refractivity contribution in [1.29, 1.82) is 0 Å². The number of thiophene rings is 1. The molecule has 1 heterocycles. The van der Waals surface area contributed by atoms with Gasteiger partial charge in [0.2, 0.25) is 0 Å². The molecule has 0 aliphatic heterocycles. The first-order valence-electron chi connectivity index (χ1n) is 7.19. The highest BCUT2D eigenvalue weighted by molar-refractivity contribution is 7.10. The molecule has 1 aliphatic rings. The molecular formula is C18H17NS.